The maximum atomic E-state index is 12.3. The molecule has 0 aliphatic rings. The summed E-state index contributed by atoms with van der Waals surface area (Å²) in [7, 11) is 1.29. The predicted octanol–water partition coefficient (Wildman–Crippen LogP) is 2.34. The first-order valence-electron chi connectivity index (χ1n) is 7.20. The largest absolute Gasteiger partial charge is 0.465 e. The van der Waals surface area contributed by atoms with Crippen LogP contribution in [0.5, 0.6) is 0 Å². The summed E-state index contributed by atoms with van der Waals surface area (Å²) in [5.74, 6) is -0.370. The number of aromatic nitrogens is 2. The van der Waals surface area contributed by atoms with E-state index in [0.717, 1.165) is 13.0 Å². The Kier molecular flexibility index (Phi) is 5.62. The van der Waals surface area contributed by atoms with Crippen molar-refractivity contribution >= 4 is 23.4 Å². The highest BCUT2D eigenvalue weighted by Crippen LogP contribution is 2.17. The van der Waals surface area contributed by atoms with E-state index in [9.17, 15) is 9.59 Å². The minimum absolute atomic E-state index is 0.207. The van der Waals surface area contributed by atoms with Crippen molar-refractivity contribution < 1.29 is 14.3 Å². The number of nitrogens with zero attached hydrogens (tertiary/aromatic N) is 2. The number of hydrogen-bond acceptors (Lipinski definition) is 6. The van der Waals surface area contributed by atoms with Crippen molar-refractivity contribution in [1.29, 1.82) is 0 Å². The Hall–Kier alpha value is -2.96. The minimum Gasteiger partial charge on any atom is -0.465 e. The molecule has 1 aromatic carbocycles. The van der Waals surface area contributed by atoms with Crippen LogP contribution in [-0.2, 0) is 4.74 Å². The third kappa shape index (κ3) is 4.26. The van der Waals surface area contributed by atoms with Crippen LogP contribution in [0.1, 0.15) is 34.2 Å². The van der Waals surface area contributed by atoms with E-state index in [4.69, 9.17) is 4.74 Å². The molecule has 0 aliphatic carbocycles. The number of carbonyl (C=O) groups is 2. The molecule has 2 aromatic rings. The second-order valence-corrected chi connectivity index (χ2v) is 4.71. The van der Waals surface area contributed by atoms with Crippen molar-refractivity contribution in [3.05, 3.63) is 47.9 Å². The van der Waals surface area contributed by atoms with Crippen molar-refractivity contribution in [2.75, 3.05) is 24.3 Å². The highest BCUT2D eigenvalue weighted by molar-refractivity contribution is 6.07. The Bertz CT molecular complexity index is 703. The van der Waals surface area contributed by atoms with E-state index in [2.05, 4.69) is 20.6 Å². The molecule has 0 atom stereocenters. The number of amides is 1. The highest BCUT2D eigenvalue weighted by atomic mass is 16.5. The first kappa shape index (κ1) is 16.4. The van der Waals surface area contributed by atoms with Crippen LogP contribution < -0.4 is 10.6 Å². The van der Waals surface area contributed by atoms with Crippen LogP contribution in [0.3, 0.4) is 0 Å². The number of benzene rings is 1. The van der Waals surface area contributed by atoms with Crippen LogP contribution >= 0.6 is 0 Å². The lowest BCUT2D eigenvalue weighted by molar-refractivity contribution is 0.0602. The van der Waals surface area contributed by atoms with Gasteiger partial charge in [-0.3, -0.25) is 4.79 Å². The molecule has 1 amide bonds. The topological polar surface area (TPSA) is 93.2 Å². The maximum absolute atomic E-state index is 12.3. The van der Waals surface area contributed by atoms with Crippen LogP contribution in [0.15, 0.2) is 36.7 Å². The molecule has 1 heterocycles. The van der Waals surface area contributed by atoms with Crippen LogP contribution in [0.25, 0.3) is 0 Å². The summed E-state index contributed by atoms with van der Waals surface area (Å²) < 4.78 is 4.70. The number of esters is 1. The monoisotopic (exact) mass is 314 g/mol. The van der Waals surface area contributed by atoms with Crippen LogP contribution in [0.4, 0.5) is 11.5 Å². The molecule has 0 saturated heterocycles. The van der Waals surface area contributed by atoms with Gasteiger partial charge in [-0.1, -0.05) is 19.1 Å². The van der Waals surface area contributed by atoms with Crippen LogP contribution in [0.2, 0.25) is 0 Å². The quantitative estimate of drug-likeness (QED) is 0.795. The maximum Gasteiger partial charge on any atom is 0.339 e. The summed E-state index contributed by atoms with van der Waals surface area (Å²) >= 11 is 0. The van der Waals surface area contributed by atoms with E-state index >= 15 is 0 Å². The molecule has 0 unspecified atom stereocenters. The zero-order valence-electron chi connectivity index (χ0n) is 13.0. The summed E-state index contributed by atoms with van der Waals surface area (Å²) in [6.07, 6.45) is 2.26. The standard InChI is InChI=1S/C16H18N4O3/c1-3-8-17-14-9-13(18-10-19-14)15(21)20-12-7-5-4-6-11(12)16(22)23-2/h4-7,9-10H,3,8H2,1-2H3,(H,20,21)(H,17,18,19). The lowest BCUT2D eigenvalue weighted by atomic mass is 10.1. The molecule has 2 rings (SSSR count). The van der Waals surface area contributed by atoms with Gasteiger partial charge >= 0.3 is 5.97 Å². The molecule has 7 heteroatoms. The Labute approximate surface area is 134 Å². The molecule has 0 aliphatic heterocycles. The van der Waals surface area contributed by atoms with Crippen LogP contribution in [0, 0.1) is 0 Å². The summed E-state index contributed by atoms with van der Waals surface area (Å²) in [6.45, 7) is 2.79. The number of rotatable bonds is 6. The van der Waals surface area contributed by atoms with Gasteiger partial charge in [-0.05, 0) is 18.6 Å². The Morgan fingerprint density at radius 2 is 2.00 bits per heavy atom. The fourth-order valence-electron chi connectivity index (χ4n) is 1.90. The molecule has 0 fully saturated rings. The fraction of sp³-hybridized carbons (Fsp3) is 0.250. The van der Waals surface area contributed by atoms with Gasteiger partial charge in [-0.2, -0.15) is 0 Å². The number of para-hydroxylation sites is 1. The first-order valence-corrected chi connectivity index (χ1v) is 7.20. The van der Waals surface area contributed by atoms with Gasteiger partial charge in [-0.15, -0.1) is 0 Å². The zero-order valence-corrected chi connectivity index (χ0v) is 13.0. The van der Waals surface area contributed by atoms with Crippen molar-refractivity contribution in [3.63, 3.8) is 0 Å². The molecule has 2 N–H and O–H groups in total. The number of nitrogens with one attached hydrogen (secondary N) is 2. The van der Waals surface area contributed by atoms with Gasteiger partial charge in [0.1, 0.15) is 17.8 Å². The van der Waals surface area contributed by atoms with E-state index in [1.165, 1.54) is 13.4 Å². The molecule has 0 saturated carbocycles. The van der Waals surface area contributed by atoms with Crippen molar-refractivity contribution in [2.24, 2.45) is 0 Å². The van der Waals surface area contributed by atoms with Crippen molar-refractivity contribution in [1.82, 2.24) is 9.97 Å². The summed E-state index contributed by atoms with van der Waals surface area (Å²) in [6, 6.07) is 8.18. The summed E-state index contributed by atoms with van der Waals surface area (Å²) in [4.78, 5) is 32.0. The average Bonchev–Trinajstić information content (AvgIpc) is 2.60. The number of methoxy groups -OCH3 is 1. The third-order valence-corrected chi connectivity index (χ3v) is 3.04. The van der Waals surface area contributed by atoms with Gasteiger partial charge in [-0.25, -0.2) is 14.8 Å². The number of carbonyl (C=O) groups excluding carboxylic acids is 2. The lowest BCUT2D eigenvalue weighted by Crippen LogP contribution is -2.17. The van der Waals surface area contributed by atoms with Gasteiger partial charge in [0, 0.05) is 12.6 Å². The molecule has 1 aromatic heterocycles. The Morgan fingerprint density at radius 1 is 1.22 bits per heavy atom. The van der Waals surface area contributed by atoms with Gasteiger partial charge in [0.15, 0.2) is 0 Å². The number of ether oxygens (including phenoxy) is 1. The molecule has 0 bridgehead atoms. The van der Waals surface area contributed by atoms with E-state index in [-0.39, 0.29) is 11.3 Å². The van der Waals surface area contributed by atoms with Crippen molar-refractivity contribution in [3.8, 4) is 0 Å². The molecular formula is C16H18N4O3. The summed E-state index contributed by atoms with van der Waals surface area (Å²) in [5, 5.41) is 5.75. The number of anilines is 2. The van der Waals surface area contributed by atoms with Crippen LogP contribution in [-0.4, -0.2) is 35.5 Å². The lowest BCUT2D eigenvalue weighted by Gasteiger charge is -2.10. The number of hydrogen-bond donors (Lipinski definition) is 2. The Morgan fingerprint density at radius 3 is 2.74 bits per heavy atom. The van der Waals surface area contributed by atoms with Crippen molar-refractivity contribution in [2.45, 2.75) is 13.3 Å². The van der Waals surface area contributed by atoms with Gasteiger partial charge in [0.25, 0.3) is 5.91 Å². The molecule has 7 nitrogen and oxygen atoms in total. The van der Waals surface area contributed by atoms with E-state index in [1.807, 2.05) is 6.92 Å². The van der Waals surface area contributed by atoms with Gasteiger partial charge in [0.2, 0.25) is 0 Å². The molecule has 0 spiro atoms. The average molecular weight is 314 g/mol. The normalized spacial score (nSPS) is 10.0. The smallest absolute Gasteiger partial charge is 0.339 e. The SMILES string of the molecule is CCCNc1cc(C(=O)Nc2ccccc2C(=O)OC)ncn1. The molecule has 120 valence electrons. The third-order valence-electron chi connectivity index (χ3n) is 3.04. The van der Waals surface area contributed by atoms with E-state index < -0.39 is 11.9 Å². The second-order valence-electron chi connectivity index (χ2n) is 4.71. The first-order chi connectivity index (χ1) is 11.2. The summed E-state index contributed by atoms with van der Waals surface area (Å²) in [5.41, 5.74) is 0.853. The van der Waals surface area contributed by atoms with E-state index in [1.54, 1.807) is 30.3 Å². The predicted molar refractivity (Wildman–Crippen MR) is 86.5 cm³/mol. The molecule has 23 heavy (non-hydrogen) atoms. The van der Waals surface area contributed by atoms with Gasteiger partial charge < -0.3 is 15.4 Å². The van der Waals surface area contributed by atoms with E-state index in [0.29, 0.717) is 11.5 Å². The minimum atomic E-state index is -0.520. The fourth-order valence-corrected chi connectivity index (χ4v) is 1.90. The van der Waals surface area contributed by atoms with Gasteiger partial charge in [0.05, 0.1) is 18.4 Å². The molecular weight excluding hydrogens is 296 g/mol. The zero-order chi connectivity index (χ0) is 16.7. The Balaban J connectivity index is 2.18. The molecule has 0 radical (unpaired) electrons. The second kappa shape index (κ2) is 7.88. The highest BCUT2D eigenvalue weighted by Gasteiger charge is 2.15.